The molecule has 2 aromatic heterocycles. The number of hydrogen-bond acceptors (Lipinski definition) is 4. The minimum Gasteiger partial charge on any atom is -0.475 e. The lowest BCUT2D eigenvalue weighted by molar-refractivity contribution is -0.136. The number of nitrogens with one attached hydrogen (secondary N) is 1. The summed E-state index contributed by atoms with van der Waals surface area (Å²) in [6, 6.07) is 6.78. The van der Waals surface area contributed by atoms with E-state index in [1.54, 1.807) is 11.1 Å². The number of fused-ring (bicyclic) bond motifs is 7. The van der Waals surface area contributed by atoms with Gasteiger partial charge in [0.15, 0.2) is 0 Å². The summed E-state index contributed by atoms with van der Waals surface area (Å²) in [4.78, 5) is 23.5. The molecule has 1 aromatic carbocycles. The minimum atomic E-state index is -4.26. The maximum atomic E-state index is 12.9. The second-order valence-corrected chi connectivity index (χ2v) is 8.45. The number of carbonyl (C=O) groups excluding carboxylic acids is 1. The molecular weight excluding hydrogens is 447 g/mol. The predicted octanol–water partition coefficient (Wildman–Crippen LogP) is 5.20. The minimum absolute atomic E-state index is 0.151. The number of hydrogen-bond donors (Lipinski definition) is 1. The number of nitrogens with zero attached hydrogens (tertiary/aromatic N) is 4. The highest BCUT2D eigenvalue weighted by atomic mass is 19.4. The maximum absolute atomic E-state index is 12.9. The Kier molecular flexibility index (Phi) is 7.23. The zero-order valence-corrected chi connectivity index (χ0v) is 19.0. The molecule has 182 valence electrons. The van der Waals surface area contributed by atoms with E-state index in [-0.39, 0.29) is 12.5 Å². The molecule has 10 heteroatoms. The fraction of sp³-hybridized carbons (Fsp3) is 0.458. The highest BCUT2D eigenvalue weighted by Gasteiger charge is 2.29. The Bertz CT molecular complexity index is 1130. The topological polar surface area (TPSA) is 71.8 Å². The second-order valence-electron chi connectivity index (χ2n) is 8.45. The third-order valence-electron chi connectivity index (χ3n) is 5.90. The van der Waals surface area contributed by atoms with Gasteiger partial charge in [-0.25, -0.2) is 14.8 Å². The molecule has 1 N–H and O–H groups in total. The number of alkyl halides is 3. The largest absolute Gasteiger partial charge is 0.475 e. The number of urea groups is 1. The van der Waals surface area contributed by atoms with E-state index in [9.17, 15) is 18.0 Å². The van der Waals surface area contributed by atoms with Crippen molar-refractivity contribution in [2.75, 3.05) is 13.2 Å². The monoisotopic (exact) mass is 475 g/mol. The summed E-state index contributed by atoms with van der Waals surface area (Å²) in [6.07, 6.45) is 1.69. The number of aromatic nitrogens is 3. The summed E-state index contributed by atoms with van der Waals surface area (Å²) in [5, 5.41) is 2.83. The van der Waals surface area contributed by atoms with E-state index < -0.39 is 18.6 Å². The number of rotatable bonds is 3. The van der Waals surface area contributed by atoms with Gasteiger partial charge < -0.3 is 19.4 Å². The summed E-state index contributed by atoms with van der Waals surface area (Å²) in [7, 11) is 0. The van der Waals surface area contributed by atoms with Crippen LogP contribution >= 0.6 is 0 Å². The number of benzene rings is 1. The molecule has 3 aromatic rings. The number of halogens is 3. The first-order chi connectivity index (χ1) is 16.3. The molecule has 0 aliphatic carbocycles. The van der Waals surface area contributed by atoms with Crippen LogP contribution < -0.4 is 10.1 Å². The zero-order chi connectivity index (χ0) is 24.1. The first-order valence-electron chi connectivity index (χ1n) is 11.5. The summed E-state index contributed by atoms with van der Waals surface area (Å²) < 4.78 is 46.3. The Labute approximate surface area is 196 Å². The summed E-state index contributed by atoms with van der Waals surface area (Å²) in [5.74, 6) is 0.414. The fourth-order valence-corrected chi connectivity index (χ4v) is 4.07. The number of amides is 2. The fourth-order valence-electron chi connectivity index (χ4n) is 4.07. The number of ether oxygens (including phenoxy) is 1. The number of carbonyl (C=O) groups is 1. The van der Waals surface area contributed by atoms with Gasteiger partial charge in [0, 0.05) is 49.7 Å². The molecule has 1 aliphatic rings. The van der Waals surface area contributed by atoms with Crippen LogP contribution in [-0.4, -0.2) is 50.7 Å². The van der Waals surface area contributed by atoms with Gasteiger partial charge in [-0.1, -0.05) is 18.2 Å². The van der Waals surface area contributed by atoms with Gasteiger partial charge in [0.05, 0.1) is 12.3 Å². The van der Waals surface area contributed by atoms with E-state index >= 15 is 0 Å². The van der Waals surface area contributed by atoms with Gasteiger partial charge in [-0.3, -0.25) is 0 Å². The molecule has 4 rings (SSSR count). The molecule has 1 atom stereocenters. The molecule has 0 radical (unpaired) electrons. The molecule has 0 fully saturated rings. The van der Waals surface area contributed by atoms with Gasteiger partial charge >= 0.3 is 12.2 Å². The molecule has 0 unspecified atom stereocenters. The van der Waals surface area contributed by atoms with Crippen molar-refractivity contribution in [2.45, 2.75) is 57.8 Å². The standard InChI is InChI=1S/C24H28F3N5O2/c1-2-31-15-17-6-5-7-18(14-17)20-16-32-12-11-28-21(32)22(30-20)34-13-4-3-8-19(29-23(31)33)9-10-24(25,26)27/h5-7,11-12,14,16,19H,2-4,8-10,13,15H2,1H3,(H,29,33)/t19-/m1/s1. The van der Waals surface area contributed by atoms with Crippen molar-refractivity contribution >= 4 is 11.7 Å². The molecule has 2 amide bonds. The Balaban J connectivity index is 1.64. The normalized spacial score (nSPS) is 17.9. The molecule has 0 spiro atoms. The van der Waals surface area contributed by atoms with Crippen molar-refractivity contribution in [2.24, 2.45) is 0 Å². The van der Waals surface area contributed by atoms with Crippen LogP contribution in [-0.2, 0) is 6.54 Å². The lowest BCUT2D eigenvalue weighted by atomic mass is 10.0. The van der Waals surface area contributed by atoms with Gasteiger partial charge in [0.1, 0.15) is 0 Å². The highest BCUT2D eigenvalue weighted by Crippen LogP contribution is 2.26. The van der Waals surface area contributed by atoms with Crippen molar-refractivity contribution < 1.29 is 22.7 Å². The Morgan fingerprint density at radius 2 is 2.12 bits per heavy atom. The quantitative estimate of drug-likeness (QED) is 0.565. The highest BCUT2D eigenvalue weighted by molar-refractivity contribution is 5.74. The van der Waals surface area contributed by atoms with Crippen molar-refractivity contribution in [3.63, 3.8) is 0 Å². The van der Waals surface area contributed by atoms with Crippen LogP contribution in [0.15, 0.2) is 42.9 Å². The van der Waals surface area contributed by atoms with Gasteiger partial charge in [-0.15, -0.1) is 0 Å². The van der Waals surface area contributed by atoms with Crippen molar-refractivity contribution in [1.82, 2.24) is 24.6 Å². The molecule has 0 saturated heterocycles. The average molecular weight is 476 g/mol. The Hall–Kier alpha value is -3.30. The van der Waals surface area contributed by atoms with Gasteiger partial charge in [0.2, 0.25) is 5.65 Å². The second kappa shape index (κ2) is 10.3. The van der Waals surface area contributed by atoms with Gasteiger partial charge in [0.25, 0.3) is 5.88 Å². The molecule has 34 heavy (non-hydrogen) atoms. The van der Waals surface area contributed by atoms with E-state index in [0.29, 0.717) is 56.2 Å². The molecule has 3 heterocycles. The third-order valence-corrected chi connectivity index (χ3v) is 5.90. The molecule has 0 saturated carbocycles. The van der Waals surface area contributed by atoms with Crippen LogP contribution in [0.3, 0.4) is 0 Å². The molecule has 7 nitrogen and oxygen atoms in total. The zero-order valence-electron chi connectivity index (χ0n) is 19.0. The molecular formula is C24H28F3N5O2. The first kappa shape index (κ1) is 23.8. The van der Waals surface area contributed by atoms with E-state index in [2.05, 4.69) is 15.3 Å². The van der Waals surface area contributed by atoms with Crippen LogP contribution in [0.5, 0.6) is 5.88 Å². The maximum Gasteiger partial charge on any atom is 0.389 e. The molecule has 1 aliphatic heterocycles. The predicted molar refractivity (Wildman–Crippen MR) is 121 cm³/mol. The third kappa shape index (κ3) is 5.98. The smallest absolute Gasteiger partial charge is 0.389 e. The SMILES string of the molecule is CCN1Cc2cccc(c2)-c2cn3ccnc3c(n2)OCCCC[C@H](CCC(F)(F)F)NC1=O. The summed E-state index contributed by atoms with van der Waals surface area (Å²) in [6.45, 7) is 2.96. The van der Waals surface area contributed by atoms with Gasteiger partial charge in [-0.05, 0) is 44.2 Å². The van der Waals surface area contributed by atoms with Crippen LogP contribution in [0.4, 0.5) is 18.0 Å². The van der Waals surface area contributed by atoms with E-state index in [1.807, 2.05) is 48.0 Å². The van der Waals surface area contributed by atoms with Crippen molar-refractivity contribution in [1.29, 1.82) is 0 Å². The van der Waals surface area contributed by atoms with Crippen LogP contribution in [0.2, 0.25) is 0 Å². The lowest BCUT2D eigenvalue weighted by Crippen LogP contribution is -2.44. The first-order valence-corrected chi connectivity index (χ1v) is 11.5. The van der Waals surface area contributed by atoms with E-state index in [1.165, 1.54) is 0 Å². The lowest BCUT2D eigenvalue weighted by Gasteiger charge is -2.26. The van der Waals surface area contributed by atoms with E-state index in [4.69, 9.17) is 4.74 Å². The molecule has 4 bridgehead atoms. The Morgan fingerprint density at radius 1 is 1.26 bits per heavy atom. The average Bonchev–Trinajstić information content (AvgIpc) is 3.28. The summed E-state index contributed by atoms with van der Waals surface area (Å²) >= 11 is 0. The Morgan fingerprint density at radius 3 is 2.91 bits per heavy atom. The van der Waals surface area contributed by atoms with E-state index in [0.717, 1.165) is 11.1 Å². The number of imidazole rings is 1. The van der Waals surface area contributed by atoms with Crippen LogP contribution in [0, 0.1) is 0 Å². The van der Waals surface area contributed by atoms with Crippen LogP contribution in [0.1, 0.15) is 44.6 Å². The van der Waals surface area contributed by atoms with Crippen molar-refractivity contribution in [3.8, 4) is 17.1 Å². The van der Waals surface area contributed by atoms with Gasteiger partial charge in [-0.2, -0.15) is 13.2 Å². The summed E-state index contributed by atoms with van der Waals surface area (Å²) in [5.41, 5.74) is 3.08. The van der Waals surface area contributed by atoms with Crippen LogP contribution in [0.25, 0.3) is 16.9 Å². The van der Waals surface area contributed by atoms with Crippen molar-refractivity contribution in [3.05, 3.63) is 48.4 Å².